The quantitative estimate of drug-likeness (QED) is 0.848. The Morgan fingerprint density at radius 3 is 2.83 bits per heavy atom. The summed E-state index contributed by atoms with van der Waals surface area (Å²) in [5.74, 6) is 0.876. The Morgan fingerprint density at radius 1 is 1.35 bits per heavy atom. The highest BCUT2D eigenvalue weighted by Crippen LogP contribution is 2.48. The molecule has 122 valence electrons. The molecule has 2 aliphatic rings. The van der Waals surface area contributed by atoms with Gasteiger partial charge in [0.25, 0.3) is 0 Å². The molecule has 7 heteroatoms. The molecule has 2 aromatic heterocycles. The Balaban J connectivity index is 1.28. The maximum Gasteiger partial charge on any atom is 0.226 e. The number of thiazole rings is 1. The smallest absolute Gasteiger partial charge is 0.226 e. The number of hydrogen-bond acceptors (Lipinski definition) is 5. The lowest BCUT2D eigenvalue weighted by atomic mass is 10.1. The molecule has 3 heterocycles. The highest BCUT2D eigenvalue weighted by molar-refractivity contribution is 7.07. The minimum Gasteiger partial charge on any atom is -0.340 e. The minimum atomic E-state index is 0.171. The van der Waals surface area contributed by atoms with E-state index in [4.69, 9.17) is 0 Å². The first-order valence-electron chi connectivity index (χ1n) is 8.07. The van der Waals surface area contributed by atoms with E-state index >= 15 is 0 Å². The molecular weight excluding hydrogens is 310 g/mol. The van der Waals surface area contributed by atoms with Crippen LogP contribution in [0, 0.1) is 5.92 Å². The highest BCUT2D eigenvalue weighted by atomic mass is 32.1. The molecule has 1 aliphatic heterocycles. The van der Waals surface area contributed by atoms with Crippen LogP contribution >= 0.6 is 11.3 Å². The van der Waals surface area contributed by atoms with Crippen LogP contribution in [0.15, 0.2) is 23.3 Å². The highest BCUT2D eigenvalue weighted by Gasteiger charge is 2.46. The second-order valence-corrected chi connectivity index (χ2v) is 7.20. The average Bonchev–Trinajstić information content (AvgIpc) is 2.96. The maximum atomic E-state index is 12.6. The number of hydrogen-bond donors (Lipinski definition) is 0. The first-order chi connectivity index (χ1) is 11.2. The average molecular weight is 331 g/mol. The molecule has 23 heavy (non-hydrogen) atoms. The SMILES string of the molecule is Cn1cc([C@H]2C[C@H]2C(=O)N2CCN(Cc3cscn3)CC2)cn1. The molecule has 2 aromatic rings. The van der Waals surface area contributed by atoms with Crippen molar-refractivity contribution in [2.24, 2.45) is 13.0 Å². The van der Waals surface area contributed by atoms with Gasteiger partial charge in [-0.3, -0.25) is 14.4 Å². The number of nitrogens with zero attached hydrogens (tertiary/aromatic N) is 5. The van der Waals surface area contributed by atoms with E-state index in [0.29, 0.717) is 11.8 Å². The van der Waals surface area contributed by atoms with E-state index in [1.165, 1.54) is 5.56 Å². The fraction of sp³-hybridized carbons (Fsp3) is 0.562. The summed E-state index contributed by atoms with van der Waals surface area (Å²) >= 11 is 1.64. The monoisotopic (exact) mass is 331 g/mol. The lowest BCUT2D eigenvalue weighted by Gasteiger charge is -2.34. The molecule has 6 nitrogen and oxygen atoms in total. The van der Waals surface area contributed by atoms with Crippen LogP contribution in [0.3, 0.4) is 0 Å². The van der Waals surface area contributed by atoms with E-state index < -0.39 is 0 Å². The van der Waals surface area contributed by atoms with Gasteiger partial charge in [0.05, 0.1) is 17.4 Å². The van der Waals surface area contributed by atoms with Gasteiger partial charge in [-0.1, -0.05) is 0 Å². The predicted molar refractivity (Wildman–Crippen MR) is 88.0 cm³/mol. The van der Waals surface area contributed by atoms with Crippen molar-refractivity contribution in [2.75, 3.05) is 26.2 Å². The fourth-order valence-electron chi connectivity index (χ4n) is 3.37. The number of aryl methyl sites for hydroxylation is 1. The lowest BCUT2D eigenvalue weighted by Crippen LogP contribution is -2.48. The van der Waals surface area contributed by atoms with E-state index in [-0.39, 0.29) is 5.92 Å². The van der Waals surface area contributed by atoms with Crippen LogP contribution in [-0.4, -0.2) is 56.7 Å². The lowest BCUT2D eigenvalue weighted by molar-refractivity contribution is -0.134. The molecule has 0 radical (unpaired) electrons. The largest absolute Gasteiger partial charge is 0.340 e. The molecule has 0 unspecified atom stereocenters. The van der Waals surface area contributed by atoms with E-state index in [1.807, 2.05) is 34.5 Å². The third kappa shape index (κ3) is 3.16. The summed E-state index contributed by atoms with van der Waals surface area (Å²) in [6.07, 6.45) is 4.90. The maximum absolute atomic E-state index is 12.6. The van der Waals surface area contributed by atoms with Crippen molar-refractivity contribution in [3.05, 3.63) is 34.5 Å². The van der Waals surface area contributed by atoms with Crippen molar-refractivity contribution in [2.45, 2.75) is 18.9 Å². The second kappa shape index (κ2) is 6.05. The number of amides is 1. The molecule has 0 aromatic carbocycles. The van der Waals surface area contributed by atoms with Gasteiger partial charge >= 0.3 is 0 Å². The number of rotatable bonds is 4. The van der Waals surface area contributed by atoms with Crippen molar-refractivity contribution < 1.29 is 4.79 Å². The molecule has 1 saturated carbocycles. The topological polar surface area (TPSA) is 54.3 Å². The molecule has 1 amide bonds. The van der Waals surface area contributed by atoms with Crippen LogP contribution in [0.2, 0.25) is 0 Å². The van der Waals surface area contributed by atoms with Gasteiger partial charge in [-0.25, -0.2) is 4.98 Å². The van der Waals surface area contributed by atoms with Crippen LogP contribution in [0.4, 0.5) is 0 Å². The molecule has 1 saturated heterocycles. The van der Waals surface area contributed by atoms with Crippen molar-refractivity contribution in [3.63, 3.8) is 0 Å². The minimum absolute atomic E-state index is 0.171. The van der Waals surface area contributed by atoms with Crippen LogP contribution in [0.25, 0.3) is 0 Å². The zero-order chi connectivity index (χ0) is 15.8. The third-order valence-corrected chi connectivity index (χ3v) is 5.45. The Hall–Kier alpha value is -1.73. The first kappa shape index (κ1) is 14.8. The molecule has 1 aliphatic carbocycles. The second-order valence-electron chi connectivity index (χ2n) is 6.48. The molecule has 0 spiro atoms. The summed E-state index contributed by atoms with van der Waals surface area (Å²) in [7, 11) is 1.92. The Bertz CT molecular complexity index is 674. The van der Waals surface area contributed by atoms with E-state index in [1.54, 1.807) is 11.3 Å². The number of carbonyl (C=O) groups is 1. The van der Waals surface area contributed by atoms with Gasteiger partial charge in [0.1, 0.15) is 0 Å². The van der Waals surface area contributed by atoms with E-state index in [9.17, 15) is 4.79 Å². The summed E-state index contributed by atoms with van der Waals surface area (Å²) in [6, 6.07) is 0. The van der Waals surface area contributed by atoms with Crippen LogP contribution in [0.5, 0.6) is 0 Å². The van der Waals surface area contributed by atoms with Gasteiger partial charge in [-0.2, -0.15) is 5.10 Å². The third-order valence-electron chi connectivity index (χ3n) is 4.81. The number of carbonyl (C=O) groups excluding carboxylic acids is 1. The van der Waals surface area contributed by atoms with Crippen LogP contribution < -0.4 is 0 Å². The van der Waals surface area contributed by atoms with Gasteiger partial charge in [0.15, 0.2) is 0 Å². The molecule has 0 N–H and O–H groups in total. The van der Waals surface area contributed by atoms with Crippen LogP contribution in [0.1, 0.15) is 23.6 Å². The molecule has 0 bridgehead atoms. The van der Waals surface area contributed by atoms with E-state index in [0.717, 1.165) is 44.8 Å². The Labute approximate surface area is 139 Å². The summed E-state index contributed by atoms with van der Waals surface area (Å²) in [5, 5.41) is 6.31. The van der Waals surface area contributed by atoms with Gasteiger partial charge in [-0.15, -0.1) is 11.3 Å². The van der Waals surface area contributed by atoms with Crippen molar-refractivity contribution >= 4 is 17.2 Å². The van der Waals surface area contributed by atoms with Crippen molar-refractivity contribution in [1.29, 1.82) is 0 Å². The first-order valence-corrected chi connectivity index (χ1v) is 9.02. The summed E-state index contributed by atoms with van der Waals surface area (Å²) in [4.78, 5) is 21.4. The zero-order valence-corrected chi connectivity index (χ0v) is 14.1. The standard InChI is InChI=1S/C16H21N5OS/c1-19-8-12(7-18-19)14-6-15(14)16(22)21-4-2-20(3-5-21)9-13-10-23-11-17-13/h7-8,10-11,14-15H,2-6,9H2,1H3/t14-,15-/m1/s1. The summed E-state index contributed by atoms with van der Waals surface area (Å²) in [6.45, 7) is 4.44. The summed E-state index contributed by atoms with van der Waals surface area (Å²) in [5.41, 5.74) is 4.21. The van der Waals surface area contributed by atoms with Gasteiger partial charge in [0, 0.05) is 57.3 Å². The normalized spacial score (nSPS) is 24.8. The van der Waals surface area contributed by atoms with Gasteiger partial charge in [-0.05, 0) is 17.9 Å². The number of aromatic nitrogens is 3. The zero-order valence-electron chi connectivity index (χ0n) is 13.3. The molecule has 2 fully saturated rings. The summed E-state index contributed by atoms with van der Waals surface area (Å²) < 4.78 is 1.81. The van der Waals surface area contributed by atoms with Gasteiger partial charge in [0.2, 0.25) is 5.91 Å². The molecule has 4 rings (SSSR count). The van der Waals surface area contributed by atoms with Crippen molar-refractivity contribution in [3.8, 4) is 0 Å². The van der Waals surface area contributed by atoms with Gasteiger partial charge < -0.3 is 4.90 Å². The van der Waals surface area contributed by atoms with Crippen molar-refractivity contribution in [1.82, 2.24) is 24.6 Å². The number of piperazine rings is 1. The molecule has 2 atom stereocenters. The Morgan fingerprint density at radius 2 is 2.17 bits per heavy atom. The van der Waals surface area contributed by atoms with Crippen LogP contribution in [-0.2, 0) is 18.4 Å². The molecular formula is C16H21N5OS. The Kier molecular flexibility index (Phi) is 3.90. The van der Waals surface area contributed by atoms with E-state index in [2.05, 4.69) is 20.4 Å². The predicted octanol–water partition coefficient (Wildman–Crippen LogP) is 1.32. The fourth-order valence-corrected chi connectivity index (χ4v) is 3.92.